The molecule has 0 radical (unpaired) electrons. The van der Waals surface area contributed by atoms with E-state index in [1.165, 1.54) is 0 Å². The lowest BCUT2D eigenvalue weighted by Crippen LogP contribution is -2.43. The first-order valence-corrected chi connectivity index (χ1v) is 10.3. The lowest BCUT2D eigenvalue weighted by atomic mass is 9.91. The molecular weight excluding hydrogens is 382 g/mol. The summed E-state index contributed by atoms with van der Waals surface area (Å²) in [6.45, 7) is 5.09. The minimum atomic E-state index is -0.218. The van der Waals surface area contributed by atoms with Gasteiger partial charge in [-0.15, -0.1) is 0 Å². The van der Waals surface area contributed by atoms with Crippen molar-refractivity contribution < 1.29 is 23.7 Å². The lowest BCUT2D eigenvalue weighted by molar-refractivity contribution is -0.135. The van der Waals surface area contributed by atoms with Crippen LogP contribution in [0.4, 0.5) is 0 Å². The van der Waals surface area contributed by atoms with Crippen LogP contribution < -0.4 is 18.9 Å². The van der Waals surface area contributed by atoms with Crippen LogP contribution in [0.15, 0.2) is 36.4 Å². The highest BCUT2D eigenvalue weighted by Gasteiger charge is 2.33. The zero-order valence-electron chi connectivity index (χ0n) is 18.4. The van der Waals surface area contributed by atoms with Crippen LogP contribution in [0.2, 0.25) is 0 Å². The summed E-state index contributed by atoms with van der Waals surface area (Å²) in [4.78, 5) is 15.0. The second kappa shape index (κ2) is 9.74. The number of methoxy groups -OCH3 is 3. The Balaban J connectivity index is 1.95. The van der Waals surface area contributed by atoms with Gasteiger partial charge >= 0.3 is 0 Å². The number of amides is 1. The molecule has 1 aliphatic heterocycles. The third-order valence-electron chi connectivity index (χ3n) is 5.37. The van der Waals surface area contributed by atoms with Crippen LogP contribution in [-0.4, -0.2) is 45.3 Å². The fourth-order valence-electron chi connectivity index (χ4n) is 3.88. The highest BCUT2D eigenvalue weighted by Crippen LogP contribution is 2.39. The van der Waals surface area contributed by atoms with Gasteiger partial charge in [-0.05, 0) is 47.7 Å². The molecule has 1 aliphatic rings. The van der Waals surface area contributed by atoms with Crippen LogP contribution in [0.1, 0.15) is 37.4 Å². The number of para-hydroxylation sites is 2. The van der Waals surface area contributed by atoms with Gasteiger partial charge in [0.2, 0.25) is 5.91 Å². The van der Waals surface area contributed by atoms with Gasteiger partial charge in [-0.25, -0.2) is 0 Å². The highest BCUT2D eigenvalue weighted by atomic mass is 16.5. The van der Waals surface area contributed by atoms with Gasteiger partial charge in [0.05, 0.1) is 27.4 Å². The number of benzene rings is 2. The predicted molar refractivity (Wildman–Crippen MR) is 116 cm³/mol. The molecule has 6 nitrogen and oxygen atoms in total. The van der Waals surface area contributed by atoms with Crippen molar-refractivity contribution in [2.75, 3.05) is 34.5 Å². The second-order valence-electron chi connectivity index (χ2n) is 7.82. The molecule has 0 fully saturated rings. The van der Waals surface area contributed by atoms with E-state index >= 15 is 0 Å². The van der Waals surface area contributed by atoms with E-state index in [9.17, 15) is 4.79 Å². The summed E-state index contributed by atoms with van der Waals surface area (Å²) >= 11 is 0. The molecule has 162 valence electrons. The first-order valence-electron chi connectivity index (χ1n) is 10.3. The minimum absolute atomic E-state index is 0.138. The summed E-state index contributed by atoms with van der Waals surface area (Å²) in [5, 5.41) is 0. The molecule has 0 aromatic heterocycles. The highest BCUT2D eigenvalue weighted by molar-refractivity contribution is 5.77. The number of fused-ring (bicyclic) bond motifs is 1. The molecule has 0 aliphatic carbocycles. The van der Waals surface area contributed by atoms with E-state index in [-0.39, 0.29) is 11.9 Å². The van der Waals surface area contributed by atoms with E-state index in [4.69, 9.17) is 18.9 Å². The number of carbonyl (C=O) groups excluding carboxylic acids is 1. The largest absolute Gasteiger partial charge is 0.493 e. The summed E-state index contributed by atoms with van der Waals surface area (Å²) in [6, 6.07) is 11.3. The molecule has 0 saturated heterocycles. The third-order valence-corrected chi connectivity index (χ3v) is 5.37. The van der Waals surface area contributed by atoms with Crippen molar-refractivity contribution in [3.05, 3.63) is 47.5 Å². The molecule has 30 heavy (non-hydrogen) atoms. The van der Waals surface area contributed by atoms with Gasteiger partial charge in [0, 0.05) is 13.0 Å². The average Bonchev–Trinajstić information content (AvgIpc) is 2.75. The fourth-order valence-corrected chi connectivity index (χ4v) is 3.88. The Labute approximate surface area is 178 Å². The number of ether oxygens (including phenoxy) is 4. The molecule has 0 saturated carbocycles. The van der Waals surface area contributed by atoms with E-state index in [1.54, 1.807) is 21.3 Å². The molecule has 1 atom stereocenters. The molecule has 0 N–H and O–H groups in total. The maximum Gasteiger partial charge on any atom is 0.223 e. The predicted octanol–water partition coefficient (Wildman–Crippen LogP) is 4.26. The molecular formula is C24H31NO5. The van der Waals surface area contributed by atoms with Gasteiger partial charge in [0.25, 0.3) is 0 Å². The smallest absolute Gasteiger partial charge is 0.223 e. The fraction of sp³-hybridized carbons (Fsp3) is 0.458. The molecule has 6 heteroatoms. The van der Waals surface area contributed by atoms with Crippen molar-refractivity contribution in [1.29, 1.82) is 0 Å². The van der Waals surface area contributed by atoms with Gasteiger partial charge in [-0.2, -0.15) is 0 Å². The van der Waals surface area contributed by atoms with E-state index in [1.807, 2.05) is 41.3 Å². The van der Waals surface area contributed by atoms with E-state index in [0.29, 0.717) is 48.5 Å². The quantitative estimate of drug-likeness (QED) is 0.647. The topological polar surface area (TPSA) is 57.2 Å². The summed E-state index contributed by atoms with van der Waals surface area (Å²) in [7, 11) is 4.87. The molecule has 2 aromatic carbocycles. The number of rotatable bonds is 8. The van der Waals surface area contributed by atoms with Crippen LogP contribution in [0.25, 0.3) is 0 Å². The van der Waals surface area contributed by atoms with E-state index < -0.39 is 0 Å². The Morgan fingerprint density at radius 3 is 2.27 bits per heavy atom. The second-order valence-corrected chi connectivity index (χ2v) is 7.82. The van der Waals surface area contributed by atoms with Crippen molar-refractivity contribution in [2.24, 2.45) is 5.92 Å². The molecule has 2 aromatic rings. The van der Waals surface area contributed by atoms with Gasteiger partial charge < -0.3 is 23.8 Å². The van der Waals surface area contributed by atoms with Crippen LogP contribution in [0.3, 0.4) is 0 Å². The van der Waals surface area contributed by atoms with Crippen LogP contribution in [0, 0.1) is 5.92 Å². The van der Waals surface area contributed by atoms with Crippen molar-refractivity contribution in [3.63, 3.8) is 0 Å². The Hall–Kier alpha value is -2.89. The standard InChI is InChI=1S/C24H31NO5/c1-16(2)12-24(26)25-11-10-17-13-22(28-4)23(29-5)14-18(17)19(25)15-30-21-9-7-6-8-20(21)27-3/h6-9,13-14,16,19H,10-12,15H2,1-5H3/t19-/m0/s1. The zero-order chi connectivity index (χ0) is 21.7. The molecule has 1 heterocycles. The third kappa shape index (κ3) is 4.64. The van der Waals surface area contributed by atoms with E-state index in [0.717, 1.165) is 17.5 Å². The summed E-state index contributed by atoms with van der Waals surface area (Å²) in [6.07, 6.45) is 1.28. The number of nitrogens with zero attached hydrogens (tertiary/aromatic N) is 1. The average molecular weight is 414 g/mol. The summed E-state index contributed by atoms with van der Waals surface area (Å²) < 4.78 is 22.5. The Kier molecular flexibility index (Phi) is 7.08. The first-order chi connectivity index (χ1) is 14.5. The first kappa shape index (κ1) is 21.8. The Morgan fingerprint density at radius 1 is 1.00 bits per heavy atom. The Bertz CT molecular complexity index is 880. The van der Waals surface area contributed by atoms with Crippen molar-refractivity contribution >= 4 is 5.91 Å². The van der Waals surface area contributed by atoms with Crippen LogP contribution >= 0.6 is 0 Å². The molecule has 0 spiro atoms. The molecule has 0 bridgehead atoms. The molecule has 0 unspecified atom stereocenters. The van der Waals surface area contributed by atoms with Gasteiger partial charge in [0.1, 0.15) is 6.61 Å². The summed E-state index contributed by atoms with van der Waals surface area (Å²) in [5.41, 5.74) is 2.18. The number of hydrogen-bond donors (Lipinski definition) is 0. The number of carbonyl (C=O) groups is 1. The molecule has 1 amide bonds. The van der Waals surface area contributed by atoms with Crippen molar-refractivity contribution in [3.8, 4) is 23.0 Å². The van der Waals surface area contributed by atoms with Crippen LogP contribution in [0.5, 0.6) is 23.0 Å². The SMILES string of the molecule is COc1cc2c(cc1OC)[C@H](COc1ccccc1OC)N(C(=O)CC(C)C)CC2. The monoisotopic (exact) mass is 413 g/mol. The Morgan fingerprint density at radius 2 is 1.63 bits per heavy atom. The summed E-state index contributed by atoms with van der Waals surface area (Å²) in [5.74, 6) is 3.10. The lowest BCUT2D eigenvalue weighted by Gasteiger charge is -2.38. The maximum absolute atomic E-state index is 13.0. The maximum atomic E-state index is 13.0. The minimum Gasteiger partial charge on any atom is -0.493 e. The van der Waals surface area contributed by atoms with Gasteiger partial charge in [0.15, 0.2) is 23.0 Å². The zero-order valence-corrected chi connectivity index (χ0v) is 18.4. The molecule has 3 rings (SSSR count). The van der Waals surface area contributed by atoms with E-state index in [2.05, 4.69) is 13.8 Å². The number of hydrogen-bond acceptors (Lipinski definition) is 5. The van der Waals surface area contributed by atoms with Gasteiger partial charge in [-0.3, -0.25) is 4.79 Å². The van der Waals surface area contributed by atoms with Gasteiger partial charge in [-0.1, -0.05) is 26.0 Å². The van der Waals surface area contributed by atoms with Crippen molar-refractivity contribution in [1.82, 2.24) is 4.90 Å². The van der Waals surface area contributed by atoms with Crippen LogP contribution in [-0.2, 0) is 11.2 Å². The van der Waals surface area contributed by atoms with Crippen molar-refractivity contribution in [2.45, 2.75) is 32.7 Å². The normalized spacial score (nSPS) is 15.5.